The summed E-state index contributed by atoms with van der Waals surface area (Å²) in [6.45, 7) is 4.17. The molecule has 0 aliphatic heterocycles. The molecule has 0 amide bonds. The molecule has 1 aromatic heterocycles. The number of aryl methyl sites for hydroxylation is 3. The second-order valence-corrected chi connectivity index (χ2v) is 5.03. The zero-order chi connectivity index (χ0) is 13.6. The molecule has 3 nitrogen and oxygen atoms in total. The summed E-state index contributed by atoms with van der Waals surface area (Å²) in [4.78, 5) is 4.73. The van der Waals surface area contributed by atoms with Crippen molar-refractivity contribution < 1.29 is 0 Å². The molecule has 0 fully saturated rings. The van der Waals surface area contributed by atoms with Gasteiger partial charge in [-0.25, -0.2) is 4.98 Å². The summed E-state index contributed by atoms with van der Waals surface area (Å²) in [5.74, 6) is 0.922. The van der Waals surface area contributed by atoms with Crippen molar-refractivity contribution in [3.05, 3.63) is 47.5 Å². The molecule has 0 aliphatic carbocycles. The van der Waals surface area contributed by atoms with Crippen molar-refractivity contribution in [2.45, 2.75) is 13.8 Å². The van der Waals surface area contributed by atoms with E-state index in [0.717, 1.165) is 22.6 Å². The minimum absolute atomic E-state index is 0.765. The van der Waals surface area contributed by atoms with Crippen LogP contribution >= 0.6 is 0 Å². The molecule has 2 aromatic carbocycles. The van der Waals surface area contributed by atoms with E-state index in [1.807, 2.05) is 31.3 Å². The molecular weight excluding hydrogens is 234 g/mol. The van der Waals surface area contributed by atoms with Gasteiger partial charge in [-0.05, 0) is 37.6 Å². The Morgan fingerprint density at radius 2 is 1.89 bits per heavy atom. The second-order valence-electron chi connectivity index (χ2n) is 5.03. The number of benzene rings is 2. The number of hydrogen-bond acceptors (Lipinski definition) is 2. The molecule has 0 atom stereocenters. The van der Waals surface area contributed by atoms with Crippen LogP contribution in [0.5, 0.6) is 0 Å². The fourth-order valence-corrected chi connectivity index (χ4v) is 2.57. The van der Waals surface area contributed by atoms with Crippen molar-refractivity contribution in [2.24, 2.45) is 7.05 Å². The van der Waals surface area contributed by atoms with Gasteiger partial charge in [0.1, 0.15) is 5.82 Å². The molecule has 3 heteroatoms. The molecule has 0 unspecified atom stereocenters. The Morgan fingerprint density at radius 3 is 2.63 bits per heavy atom. The molecule has 19 heavy (non-hydrogen) atoms. The van der Waals surface area contributed by atoms with Crippen molar-refractivity contribution in [2.75, 3.05) is 5.73 Å². The topological polar surface area (TPSA) is 43.8 Å². The largest absolute Gasteiger partial charge is 0.398 e. The number of anilines is 1. The van der Waals surface area contributed by atoms with Gasteiger partial charge in [0, 0.05) is 18.3 Å². The smallest absolute Gasteiger partial charge is 0.142 e. The first-order chi connectivity index (χ1) is 9.08. The number of hydrogen-bond donors (Lipinski definition) is 1. The molecule has 0 radical (unpaired) electrons. The molecule has 0 spiro atoms. The monoisotopic (exact) mass is 251 g/mol. The van der Waals surface area contributed by atoms with Crippen LogP contribution in [0, 0.1) is 13.8 Å². The van der Waals surface area contributed by atoms with E-state index in [-0.39, 0.29) is 0 Å². The molecule has 0 saturated heterocycles. The van der Waals surface area contributed by atoms with Gasteiger partial charge in [0.2, 0.25) is 0 Å². The summed E-state index contributed by atoms with van der Waals surface area (Å²) >= 11 is 0. The molecule has 2 N–H and O–H groups in total. The number of nitrogen functional groups attached to an aromatic ring is 1. The second kappa shape index (κ2) is 4.12. The first-order valence-corrected chi connectivity index (χ1v) is 6.36. The number of para-hydroxylation sites is 1. The first-order valence-electron chi connectivity index (χ1n) is 6.36. The molecular formula is C16H17N3. The van der Waals surface area contributed by atoms with Crippen LogP contribution in [0.2, 0.25) is 0 Å². The van der Waals surface area contributed by atoms with Gasteiger partial charge in [-0.1, -0.05) is 23.8 Å². The van der Waals surface area contributed by atoms with E-state index in [9.17, 15) is 0 Å². The third-order valence-electron chi connectivity index (χ3n) is 3.55. The van der Waals surface area contributed by atoms with E-state index in [1.165, 1.54) is 16.6 Å². The Bertz CT molecular complexity index is 769. The number of nitrogens with zero attached hydrogens (tertiary/aromatic N) is 2. The van der Waals surface area contributed by atoms with Crippen LogP contribution < -0.4 is 5.73 Å². The van der Waals surface area contributed by atoms with Crippen LogP contribution in [0.1, 0.15) is 11.1 Å². The predicted octanol–water partition coefficient (Wildman–Crippen LogP) is 3.44. The van der Waals surface area contributed by atoms with E-state index < -0.39 is 0 Å². The highest BCUT2D eigenvalue weighted by atomic mass is 15.1. The third-order valence-corrected chi connectivity index (χ3v) is 3.55. The van der Waals surface area contributed by atoms with Crippen molar-refractivity contribution in [3.63, 3.8) is 0 Å². The maximum absolute atomic E-state index is 6.10. The first kappa shape index (κ1) is 11.8. The average Bonchev–Trinajstić information content (AvgIpc) is 2.71. The maximum atomic E-state index is 6.10. The Balaban J connectivity index is 2.34. The Hall–Kier alpha value is -2.29. The van der Waals surface area contributed by atoms with Crippen LogP contribution in [-0.4, -0.2) is 9.55 Å². The quantitative estimate of drug-likeness (QED) is 0.673. The van der Waals surface area contributed by atoms with Crippen LogP contribution in [0.25, 0.3) is 22.4 Å². The van der Waals surface area contributed by atoms with Crippen molar-refractivity contribution in [1.82, 2.24) is 9.55 Å². The molecule has 0 saturated carbocycles. The lowest BCUT2D eigenvalue weighted by Gasteiger charge is -2.07. The van der Waals surface area contributed by atoms with E-state index in [4.69, 9.17) is 10.7 Å². The number of nitrogens with two attached hydrogens (primary N) is 1. The average molecular weight is 251 g/mol. The summed E-state index contributed by atoms with van der Waals surface area (Å²) in [5.41, 5.74) is 12.5. The SMILES string of the molecule is Cc1ccc(N)c(-c2nc3cccc(C)c3n2C)c1. The molecule has 0 bridgehead atoms. The van der Waals surface area contributed by atoms with Gasteiger partial charge in [0.05, 0.1) is 11.0 Å². The van der Waals surface area contributed by atoms with Crippen LogP contribution in [-0.2, 0) is 7.05 Å². The van der Waals surface area contributed by atoms with Crippen molar-refractivity contribution in [3.8, 4) is 11.4 Å². The predicted molar refractivity (Wildman–Crippen MR) is 80.0 cm³/mol. The van der Waals surface area contributed by atoms with Crippen LogP contribution in [0.3, 0.4) is 0 Å². The van der Waals surface area contributed by atoms with Gasteiger partial charge in [0.25, 0.3) is 0 Å². The minimum atomic E-state index is 0.765. The lowest BCUT2D eigenvalue weighted by Crippen LogP contribution is -1.98. The van der Waals surface area contributed by atoms with Gasteiger partial charge < -0.3 is 10.3 Å². The highest BCUT2D eigenvalue weighted by molar-refractivity contribution is 5.85. The maximum Gasteiger partial charge on any atom is 0.142 e. The van der Waals surface area contributed by atoms with E-state index >= 15 is 0 Å². The molecule has 3 rings (SSSR count). The van der Waals surface area contributed by atoms with E-state index in [1.54, 1.807) is 0 Å². The van der Waals surface area contributed by atoms with Gasteiger partial charge in [0.15, 0.2) is 0 Å². The lowest BCUT2D eigenvalue weighted by molar-refractivity contribution is 0.955. The van der Waals surface area contributed by atoms with Gasteiger partial charge >= 0.3 is 0 Å². The highest BCUT2D eigenvalue weighted by Gasteiger charge is 2.13. The number of imidazole rings is 1. The van der Waals surface area contributed by atoms with Crippen molar-refractivity contribution in [1.29, 1.82) is 0 Å². The number of fused-ring (bicyclic) bond motifs is 1. The summed E-state index contributed by atoms with van der Waals surface area (Å²) in [7, 11) is 2.04. The van der Waals surface area contributed by atoms with E-state index in [2.05, 4.69) is 30.5 Å². The van der Waals surface area contributed by atoms with Gasteiger partial charge in [-0.2, -0.15) is 0 Å². The fourth-order valence-electron chi connectivity index (χ4n) is 2.57. The van der Waals surface area contributed by atoms with E-state index in [0.29, 0.717) is 0 Å². The molecule has 0 aliphatic rings. The van der Waals surface area contributed by atoms with Crippen LogP contribution in [0.4, 0.5) is 5.69 Å². The number of rotatable bonds is 1. The minimum Gasteiger partial charge on any atom is -0.398 e. The Labute approximate surface area is 112 Å². The Morgan fingerprint density at radius 1 is 1.11 bits per heavy atom. The molecule has 96 valence electrons. The lowest BCUT2D eigenvalue weighted by atomic mass is 10.1. The van der Waals surface area contributed by atoms with Gasteiger partial charge in [-0.3, -0.25) is 0 Å². The fraction of sp³-hybridized carbons (Fsp3) is 0.188. The summed E-state index contributed by atoms with van der Waals surface area (Å²) < 4.78 is 2.12. The Kier molecular flexibility index (Phi) is 2.56. The standard InChI is InChI=1S/C16H17N3/c1-10-7-8-13(17)12(9-10)16-18-14-6-4-5-11(2)15(14)19(16)3/h4-9H,17H2,1-3H3. The van der Waals surface area contributed by atoms with Crippen LogP contribution in [0.15, 0.2) is 36.4 Å². The summed E-state index contributed by atoms with van der Waals surface area (Å²) in [5, 5.41) is 0. The normalized spacial score (nSPS) is 11.1. The van der Waals surface area contributed by atoms with Crippen molar-refractivity contribution >= 4 is 16.7 Å². The zero-order valence-corrected chi connectivity index (χ0v) is 11.4. The van der Waals surface area contributed by atoms with Gasteiger partial charge in [-0.15, -0.1) is 0 Å². The number of aromatic nitrogens is 2. The zero-order valence-electron chi connectivity index (χ0n) is 11.4. The summed E-state index contributed by atoms with van der Waals surface area (Å²) in [6, 6.07) is 12.2. The molecule has 1 heterocycles. The highest BCUT2D eigenvalue weighted by Crippen LogP contribution is 2.29. The third kappa shape index (κ3) is 1.78. The molecule has 3 aromatic rings. The summed E-state index contributed by atoms with van der Waals surface area (Å²) in [6.07, 6.45) is 0.